The Bertz CT molecular complexity index is 300. The number of nitrogens with one attached hydrogen (secondary N) is 1. The lowest BCUT2D eigenvalue weighted by molar-refractivity contribution is 0.0666. The molecule has 1 aromatic heterocycles. The van der Waals surface area contributed by atoms with Crippen LogP contribution in [0.1, 0.15) is 19.5 Å². The van der Waals surface area contributed by atoms with E-state index in [9.17, 15) is 0 Å². The Morgan fingerprint density at radius 2 is 2.18 bits per heavy atom. The van der Waals surface area contributed by atoms with Gasteiger partial charge in [-0.25, -0.2) is 4.98 Å². The molecule has 0 amide bonds. The van der Waals surface area contributed by atoms with Crippen molar-refractivity contribution in [1.29, 1.82) is 0 Å². The van der Waals surface area contributed by atoms with Gasteiger partial charge < -0.3 is 19.4 Å². The maximum absolute atomic E-state index is 5.40. The zero-order valence-electron chi connectivity index (χ0n) is 11.0. The Kier molecular flexibility index (Phi) is 6.84. The fourth-order valence-corrected chi connectivity index (χ4v) is 1.34. The van der Waals surface area contributed by atoms with E-state index in [0.29, 0.717) is 25.9 Å². The van der Waals surface area contributed by atoms with Crippen molar-refractivity contribution >= 4 is 0 Å². The molecule has 0 atom stereocenters. The molecule has 0 unspecified atom stereocenters. The number of hydrogen-bond donors (Lipinski definition) is 1. The first-order valence-corrected chi connectivity index (χ1v) is 6.03. The molecular formula is C12H23N3O2. The second kappa shape index (κ2) is 8.22. The summed E-state index contributed by atoms with van der Waals surface area (Å²) in [5.41, 5.74) is 1.07. The molecule has 0 aliphatic carbocycles. The lowest BCUT2D eigenvalue weighted by atomic mass is 10.3. The Balaban J connectivity index is 2.17. The summed E-state index contributed by atoms with van der Waals surface area (Å²) < 4.78 is 12.3. The number of imidazole rings is 1. The van der Waals surface area contributed by atoms with Crippen molar-refractivity contribution in [3.63, 3.8) is 0 Å². The van der Waals surface area contributed by atoms with Gasteiger partial charge in [-0.05, 0) is 0 Å². The zero-order chi connectivity index (χ0) is 12.5. The van der Waals surface area contributed by atoms with E-state index >= 15 is 0 Å². The van der Waals surface area contributed by atoms with Crippen LogP contribution < -0.4 is 5.32 Å². The second-order valence-corrected chi connectivity index (χ2v) is 4.24. The van der Waals surface area contributed by atoms with Gasteiger partial charge in [0.05, 0.1) is 31.8 Å². The molecule has 98 valence electrons. The van der Waals surface area contributed by atoms with Crippen LogP contribution in [0, 0.1) is 0 Å². The van der Waals surface area contributed by atoms with Crippen molar-refractivity contribution in [2.24, 2.45) is 0 Å². The highest BCUT2D eigenvalue weighted by atomic mass is 16.5. The topological polar surface area (TPSA) is 48.3 Å². The van der Waals surface area contributed by atoms with Gasteiger partial charge in [0.25, 0.3) is 0 Å². The molecule has 0 spiro atoms. The highest BCUT2D eigenvalue weighted by Gasteiger charge is 1.99. The van der Waals surface area contributed by atoms with E-state index in [1.165, 1.54) is 0 Å². The predicted octanol–water partition coefficient (Wildman–Crippen LogP) is 1.04. The first kappa shape index (κ1) is 14.2. The molecule has 1 N–H and O–H groups in total. The third-order valence-corrected chi connectivity index (χ3v) is 2.30. The molecule has 0 bridgehead atoms. The van der Waals surface area contributed by atoms with Crippen LogP contribution >= 0.6 is 0 Å². The number of nitrogens with zero attached hydrogens (tertiary/aromatic N) is 2. The van der Waals surface area contributed by atoms with Gasteiger partial charge in [0.1, 0.15) is 0 Å². The molecule has 5 heteroatoms. The number of rotatable bonds is 9. The Morgan fingerprint density at radius 1 is 1.35 bits per heavy atom. The average molecular weight is 241 g/mol. The minimum absolute atomic E-state index is 0.484. The standard InChI is InChI=1S/C12H23N3O2/c1-11(2)13-8-12-9-15(10-14-12)4-5-17-7-6-16-3/h9-11,13H,4-8H2,1-3H3. The smallest absolute Gasteiger partial charge is 0.0950 e. The third kappa shape index (κ3) is 6.41. The fourth-order valence-electron chi connectivity index (χ4n) is 1.34. The molecule has 0 radical (unpaired) electrons. The quantitative estimate of drug-likeness (QED) is 0.656. The van der Waals surface area contributed by atoms with Crippen molar-refractivity contribution in [1.82, 2.24) is 14.9 Å². The normalized spacial score (nSPS) is 11.3. The number of hydrogen-bond acceptors (Lipinski definition) is 4. The van der Waals surface area contributed by atoms with Gasteiger partial charge in [-0.2, -0.15) is 0 Å². The SMILES string of the molecule is COCCOCCn1cnc(CNC(C)C)c1. The molecule has 0 saturated carbocycles. The summed E-state index contributed by atoms with van der Waals surface area (Å²) in [6, 6.07) is 0.484. The van der Waals surface area contributed by atoms with Crippen LogP contribution in [0.15, 0.2) is 12.5 Å². The van der Waals surface area contributed by atoms with Gasteiger partial charge in [-0.1, -0.05) is 13.8 Å². The van der Waals surface area contributed by atoms with Crippen LogP contribution in [-0.4, -0.2) is 42.5 Å². The Labute approximate surface area is 103 Å². The van der Waals surface area contributed by atoms with Crippen LogP contribution in [0.3, 0.4) is 0 Å². The van der Waals surface area contributed by atoms with E-state index in [0.717, 1.165) is 18.8 Å². The second-order valence-electron chi connectivity index (χ2n) is 4.24. The van der Waals surface area contributed by atoms with E-state index in [4.69, 9.17) is 9.47 Å². The van der Waals surface area contributed by atoms with E-state index < -0.39 is 0 Å². The van der Waals surface area contributed by atoms with Gasteiger partial charge in [-0.3, -0.25) is 0 Å². The Morgan fingerprint density at radius 3 is 2.88 bits per heavy atom. The minimum atomic E-state index is 0.484. The van der Waals surface area contributed by atoms with Gasteiger partial charge in [-0.15, -0.1) is 0 Å². The third-order valence-electron chi connectivity index (χ3n) is 2.30. The first-order chi connectivity index (χ1) is 8.22. The van der Waals surface area contributed by atoms with Crippen LogP contribution in [-0.2, 0) is 22.6 Å². The Hall–Kier alpha value is -0.910. The van der Waals surface area contributed by atoms with Gasteiger partial charge in [0.2, 0.25) is 0 Å². The highest BCUT2D eigenvalue weighted by Crippen LogP contribution is 1.97. The summed E-state index contributed by atoms with van der Waals surface area (Å²) in [6.07, 6.45) is 3.89. The van der Waals surface area contributed by atoms with Gasteiger partial charge in [0.15, 0.2) is 0 Å². The first-order valence-electron chi connectivity index (χ1n) is 6.03. The summed E-state index contributed by atoms with van der Waals surface area (Å²) in [7, 11) is 1.67. The zero-order valence-corrected chi connectivity index (χ0v) is 11.0. The largest absolute Gasteiger partial charge is 0.382 e. The molecule has 1 rings (SSSR count). The number of methoxy groups -OCH3 is 1. The molecule has 5 nitrogen and oxygen atoms in total. The fraction of sp³-hybridized carbons (Fsp3) is 0.750. The van der Waals surface area contributed by atoms with Gasteiger partial charge in [0, 0.05) is 32.4 Å². The van der Waals surface area contributed by atoms with Crippen molar-refractivity contribution in [3.05, 3.63) is 18.2 Å². The van der Waals surface area contributed by atoms with Crippen molar-refractivity contribution in [2.75, 3.05) is 26.9 Å². The van der Waals surface area contributed by atoms with E-state index in [1.54, 1.807) is 7.11 Å². The summed E-state index contributed by atoms with van der Waals surface area (Å²) >= 11 is 0. The van der Waals surface area contributed by atoms with Crippen molar-refractivity contribution in [3.8, 4) is 0 Å². The highest BCUT2D eigenvalue weighted by molar-refractivity contribution is 4.96. The summed E-state index contributed by atoms with van der Waals surface area (Å²) in [6.45, 7) is 7.88. The lowest BCUT2D eigenvalue weighted by Crippen LogP contribution is -2.21. The average Bonchev–Trinajstić information content (AvgIpc) is 2.74. The molecule has 0 fully saturated rings. The minimum Gasteiger partial charge on any atom is -0.382 e. The maximum Gasteiger partial charge on any atom is 0.0950 e. The molecule has 1 heterocycles. The summed E-state index contributed by atoms with van der Waals surface area (Å²) in [4.78, 5) is 4.32. The molecule has 17 heavy (non-hydrogen) atoms. The summed E-state index contributed by atoms with van der Waals surface area (Å²) in [5.74, 6) is 0. The van der Waals surface area contributed by atoms with Crippen LogP contribution in [0.4, 0.5) is 0 Å². The van der Waals surface area contributed by atoms with Crippen molar-refractivity contribution in [2.45, 2.75) is 33.0 Å². The van der Waals surface area contributed by atoms with Crippen LogP contribution in [0.2, 0.25) is 0 Å². The number of ether oxygens (including phenoxy) is 2. The van der Waals surface area contributed by atoms with Crippen LogP contribution in [0.5, 0.6) is 0 Å². The van der Waals surface area contributed by atoms with Gasteiger partial charge >= 0.3 is 0 Å². The monoisotopic (exact) mass is 241 g/mol. The molecule has 0 aliphatic rings. The number of aromatic nitrogens is 2. The summed E-state index contributed by atoms with van der Waals surface area (Å²) in [5, 5.41) is 3.34. The van der Waals surface area contributed by atoms with E-state index in [1.807, 2.05) is 10.9 Å². The molecule has 0 aromatic carbocycles. The van der Waals surface area contributed by atoms with Crippen LogP contribution in [0.25, 0.3) is 0 Å². The predicted molar refractivity (Wildman–Crippen MR) is 66.9 cm³/mol. The lowest BCUT2D eigenvalue weighted by Gasteiger charge is -2.05. The van der Waals surface area contributed by atoms with E-state index in [-0.39, 0.29) is 0 Å². The molecule has 0 aliphatic heterocycles. The maximum atomic E-state index is 5.40. The molecular weight excluding hydrogens is 218 g/mol. The molecule has 1 aromatic rings. The molecule has 0 saturated heterocycles. The van der Waals surface area contributed by atoms with Crippen molar-refractivity contribution < 1.29 is 9.47 Å². The van der Waals surface area contributed by atoms with E-state index in [2.05, 4.69) is 30.3 Å².